The molecule has 0 aliphatic carbocycles. The lowest BCUT2D eigenvalue weighted by atomic mass is 10.0. The van der Waals surface area contributed by atoms with Gasteiger partial charge in [0.2, 0.25) is 5.91 Å². The van der Waals surface area contributed by atoms with Crippen molar-refractivity contribution in [3.63, 3.8) is 0 Å². The molecule has 1 aromatic carbocycles. The van der Waals surface area contributed by atoms with Crippen LogP contribution in [0.3, 0.4) is 0 Å². The second kappa shape index (κ2) is 6.17. The summed E-state index contributed by atoms with van der Waals surface area (Å²) in [5, 5.41) is 0. The second-order valence-electron chi connectivity index (χ2n) is 5.09. The largest absolute Gasteiger partial charge is 0.376 e. The van der Waals surface area contributed by atoms with Crippen molar-refractivity contribution in [3.05, 3.63) is 35.4 Å². The number of benzene rings is 1. The van der Waals surface area contributed by atoms with Gasteiger partial charge in [-0.25, -0.2) is 0 Å². The summed E-state index contributed by atoms with van der Waals surface area (Å²) in [6.07, 6.45) is 1.45. The van der Waals surface area contributed by atoms with Gasteiger partial charge in [-0.3, -0.25) is 4.79 Å². The Morgan fingerprint density at radius 2 is 2.11 bits per heavy atom. The molecule has 0 bridgehead atoms. The number of amides is 1. The van der Waals surface area contributed by atoms with Gasteiger partial charge in [-0.2, -0.15) is 0 Å². The predicted molar refractivity (Wildman–Crippen MR) is 74.6 cm³/mol. The highest BCUT2D eigenvalue weighted by atomic mass is 16.5. The van der Waals surface area contributed by atoms with Gasteiger partial charge in [0.1, 0.15) is 0 Å². The van der Waals surface area contributed by atoms with Crippen LogP contribution in [0.2, 0.25) is 0 Å². The third-order valence-electron chi connectivity index (χ3n) is 3.91. The number of ether oxygens (including phenoxy) is 1. The molecule has 0 spiro atoms. The topological polar surface area (TPSA) is 55.6 Å². The molecule has 4 nitrogen and oxygen atoms in total. The molecule has 1 saturated heterocycles. The Labute approximate surface area is 114 Å². The highest BCUT2D eigenvalue weighted by molar-refractivity contribution is 5.79. The summed E-state index contributed by atoms with van der Waals surface area (Å²) in [6.45, 7) is 3.23. The Balaban J connectivity index is 2.04. The summed E-state index contributed by atoms with van der Waals surface area (Å²) in [7, 11) is 1.86. The Morgan fingerprint density at radius 1 is 1.42 bits per heavy atom. The summed E-state index contributed by atoms with van der Waals surface area (Å²) < 4.78 is 5.52. The highest BCUT2D eigenvalue weighted by Gasteiger charge is 2.30. The summed E-state index contributed by atoms with van der Waals surface area (Å²) in [5.41, 5.74) is 7.77. The van der Waals surface area contributed by atoms with Gasteiger partial charge in [-0.05, 0) is 24.5 Å². The first-order chi connectivity index (χ1) is 9.13. The first-order valence-electron chi connectivity index (χ1n) is 6.77. The van der Waals surface area contributed by atoms with Gasteiger partial charge in [-0.15, -0.1) is 0 Å². The molecule has 1 fully saturated rings. The Kier molecular flexibility index (Phi) is 4.56. The maximum atomic E-state index is 12.3. The Bertz CT molecular complexity index is 448. The van der Waals surface area contributed by atoms with Crippen molar-refractivity contribution >= 4 is 5.91 Å². The summed E-state index contributed by atoms with van der Waals surface area (Å²) >= 11 is 0. The van der Waals surface area contributed by atoms with E-state index in [1.165, 1.54) is 0 Å². The highest BCUT2D eigenvalue weighted by Crippen LogP contribution is 2.19. The molecular formula is C15H22N2O2. The maximum Gasteiger partial charge on any atom is 0.227 e. The van der Waals surface area contributed by atoms with Crippen molar-refractivity contribution in [1.82, 2.24) is 4.90 Å². The maximum absolute atomic E-state index is 12.3. The summed E-state index contributed by atoms with van der Waals surface area (Å²) in [5.74, 6) is 0.128. The van der Waals surface area contributed by atoms with E-state index in [1.54, 1.807) is 0 Å². The van der Waals surface area contributed by atoms with E-state index in [0.717, 1.165) is 24.2 Å². The molecule has 1 heterocycles. The molecular weight excluding hydrogens is 240 g/mol. The molecule has 0 saturated carbocycles. The average Bonchev–Trinajstić information content (AvgIpc) is 2.84. The van der Waals surface area contributed by atoms with E-state index in [1.807, 2.05) is 43.1 Å². The number of carbonyl (C=O) groups is 1. The molecule has 1 aliphatic heterocycles. The van der Waals surface area contributed by atoms with Crippen LogP contribution in [0, 0.1) is 0 Å². The SMILES string of the molecule is CC1OCCC1N(C)C(=O)Cc1ccccc1CN. The molecule has 1 aromatic rings. The zero-order valence-corrected chi connectivity index (χ0v) is 11.6. The van der Waals surface area contributed by atoms with Gasteiger partial charge in [-0.1, -0.05) is 24.3 Å². The number of nitrogens with two attached hydrogens (primary N) is 1. The fourth-order valence-electron chi connectivity index (χ4n) is 2.63. The van der Waals surface area contributed by atoms with Crippen LogP contribution in [0.5, 0.6) is 0 Å². The minimum Gasteiger partial charge on any atom is -0.376 e. The fourth-order valence-corrected chi connectivity index (χ4v) is 2.63. The monoisotopic (exact) mass is 262 g/mol. The van der Waals surface area contributed by atoms with Gasteiger partial charge in [0, 0.05) is 20.2 Å². The molecule has 1 aliphatic rings. The molecule has 104 valence electrons. The van der Waals surface area contributed by atoms with E-state index >= 15 is 0 Å². The van der Waals surface area contributed by atoms with Crippen LogP contribution < -0.4 is 5.73 Å². The quantitative estimate of drug-likeness (QED) is 0.890. The van der Waals surface area contributed by atoms with Gasteiger partial charge < -0.3 is 15.4 Å². The van der Waals surface area contributed by atoms with E-state index in [9.17, 15) is 4.79 Å². The zero-order chi connectivity index (χ0) is 13.8. The number of nitrogens with zero attached hydrogens (tertiary/aromatic N) is 1. The van der Waals surface area contributed by atoms with E-state index in [4.69, 9.17) is 10.5 Å². The first kappa shape index (κ1) is 14.0. The number of hydrogen-bond donors (Lipinski definition) is 1. The van der Waals surface area contributed by atoms with Gasteiger partial charge in [0.05, 0.1) is 18.6 Å². The van der Waals surface area contributed by atoms with Crippen LogP contribution in [-0.4, -0.2) is 36.6 Å². The van der Waals surface area contributed by atoms with Crippen LogP contribution in [0.25, 0.3) is 0 Å². The summed E-state index contributed by atoms with van der Waals surface area (Å²) in [6, 6.07) is 8.04. The predicted octanol–water partition coefficient (Wildman–Crippen LogP) is 1.32. The van der Waals surface area contributed by atoms with E-state index in [0.29, 0.717) is 13.0 Å². The standard InChI is InChI=1S/C15H22N2O2/c1-11-14(7-8-19-11)17(2)15(18)9-12-5-3-4-6-13(12)10-16/h3-6,11,14H,7-10,16H2,1-2H3. The van der Waals surface area contributed by atoms with Crippen molar-refractivity contribution in [2.75, 3.05) is 13.7 Å². The van der Waals surface area contributed by atoms with Crippen molar-refractivity contribution in [3.8, 4) is 0 Å². The van der Waals surface area contributed by atoms with Gasteiger partial charge in [0.15, 0.2) is 0 Å². The molecule has 0 radical (unpaired) electrons. The molecule has 1 amide bonds. The average molecular weight is 262 g/mol. The van der Waals surface area contributed by atoms with Gasteiger partial charge in [0.25, 0.3) is 0 Å². The summed E-state index contributed by atoms with van der Waals surface area (Å²) in [4.78, 5) is 14.2. The van der Waals surface area contributed by atoms with E-state index < -0.39 is 0 Å². The Morgan fingerprint density at radius 3 is 2.68 bits per heavy atom. The van der Waals surface area contributed by atoms with Crippen molar-refractivity contribution in [1.29, 1.82) is 0 Å². The lowest BCUT2D eigenvalue weighted by molar-refractivity contribution is -0.132. The number of carbonyl (C=O) groups excluding carboxylic acids is 1. The van der Waals surface area contributed by atoms with E-state index in [-0.39, 0.29) is 18.1 Å². The smallest absolute Gasteiger partial charge is 0.227 e. The molecule has 2 unspecified atom stereocenters. The number of rotatable bonds is 4. The van der Waals surface area contributed by atoms with E-state index in [2.05, 4.69) is 0 Å². The number of likely N-dealkylation sites (N-methyl/N-ethyl adjacent to an activating group) is 1. The van der Waals surface area contributed by atoms with Crippen molar-refractivity contribution in [2.24, 2.45) is 5.73 Å². The third-order valence-corrected chi connectivity index (χ3v) is 3.91. The molecule has 2 atom stereocenters. The third kappa shape index (κ3) is 3.14. The molecule has 0 aromatic heterocycles. The van der Waals surface area contributed by atoms with Crippen molar-refractivity contribution < 1.29 is 9.53 Å². The Hall–Kier alpha value is -1.39. The van der Waals surface area contributed by atoms with Crippen molar-refractivity contribution in [2.45, 2.75) is 38.5 Å². The van der Waals surface area contributed by atoms with Crippen LogP contribution in [0.1, 0.15) is 24.5 Å². The van der Waals surface area contributed by atoms with Crippen LogP contribution in [-0.2, 0) is 22.5 Å². The molecule has 2 rings (SSSR count). The second-order valence-corrected chi connectivity index (χ2v) is 5.09. The molecule has 19 heavy (non-hydrogen) atoms. The molecule has 4 heteroatoms. The van der Waals surface area contributed by atoms with Crippen LogP contribution in [0.15, 0.2) is 24.3 Å². The minimum atomic E-state index is 0.124. The van der Waals surface area contributed by atoms with Gasteiger partial charge >= 0.3 is 0 Å². The minimum absolute atomic E-state index is 0.124. The lowest BCUT2D eigenvalue weighted by Crippen LogP contribution is -2.41. The van der Waals surface area contributed by atoms with Crippen LogP contribution in [0.4, 0.5) is 0 Å². The van der Waals surface area contributed by atoms with Crippen LogP contribution >= 0.6 is 0 Å². The normalized spacial score (nSPS) is 22.5. The lowest BCUT2D eigenvalue weighted by Gasteiger charge is -2.27. The number of hydrogen-bond acceptors (Lipinski definition) is 3. The fraction of sp³-hybridized carbons (Fsp3) is 0.533. The molecule has 2 N–H and O–H groups in total. The first-order valence-corrected chi connectivity index (χ1v) is 6.77. The zero-order valence-electron chi connectivity index (χ0n) is 11.6.